The zero-order chi connectivity index (χ0) is 13.5. The van der Waals surface area contributed by atoms with Gasteiger partial charge in [0.15, 0.2) is 0 Å². The SMILES string of the molecule is CCC1(CC)CC(=O)N(C2CC(=O)NC2=O)C1=O. The van der Waals surface area contributed by atoms with Gasteiger partial charge in [-0.15, -0.1) is 0 Å². The molecular formula is C12H16N2O4. The van der Waals surface area contributed by atoms with Crippen molar-refractivity contribution in [3.8, 4) is 0 Å². The third-order valence-electron chi connectivity index (χ3n) is 4.04. The fraction of sp³-hybridized carbons (Fsp3) is 0.667. The molecule has 0 radical (unpaired) electrons. The highest BCUT2D eigenvalue weighted by Crippen LogP contribution is 2.40. The standard InChI is InChI=1S/C12H16N2O4/c1-3-12(4-2)6-9(16)14(11(12)18)7-5-8(15)13-10(7)17/h7H,3-6H2,1-2H3,(H,13,15,17). The van der Waals surface area contributed by atoms with Crippen LogP contribution in [0.4, 0.5) is 0 Å². The smallest absolute Gasteiger partial charge is 0.250 e. The molecule has 1 unspecified atom stereocenters. The summed E-state index contributed by atoms with van der Waals surface area (Å²) in [4.78, 5) is 48.0. The predicted octanol–water partition coefficient (Wildman–Crippen LogP) is -0.0332. The zero-order valence-electron chi connectivity index (χ0n) is 10.5. The average molecular weight is 252 g/mol. The number of amides is 4. The van der Waals surface area contributed by atoms with Gasteiger partial charge in [0.05, 0.1) is 11.8 Å². The number of hydrogen-bond donors (Lipinski definition) is 1. The summed E-state index contributed by atoms with van der Waals surface area (Å²) in [5.74, 6) is -1.65. The van der Waals surface area contributed by atoms with Gasteiger partial charge in [-0.3, -0.25) is 29.4 Å². The monoisotopic (exact) mass is 252 g/mol. The van der Waals surface area contributed by atoms with Crippen molar-refractivity contribution in [1.82, 2.24) is 10.2 Å². The lowest BCUT2D eigenvalue weighted by Crippen LogP contribution is -2.46. The molecule has 0 spiro atoms. The second-order valence-corrected chi connectivity index (χ2v) is 4.87. The van der Waals surface area contributed by atoms with E-state index in [4.69, 9.17) is 0 Å². The lowest BCUT2D eigenvalue weighted by Gasteiger charge is -2.25. The predicted molar refractivity (Wildman–Crippen MR) is 61.0 cm³/mol. The van der Waals surface area contributed by atoms with Crippen molar-refractivity contribution in [3.05, 3.63) is 0 Å². The summed E-state index contributed by atoms with van der Waals surface area (Å²) in [6.07, 6.45) is 1.15. The Morgan fingerprint density at radius 3 is 2.22 bits per heavy atom. The maximum atomic E-state index is 12.4. The van der Waals surface area contributed by atoms with E-state index in [1.54, 1.807) is 0 Å². The van der Waals surface area contributed by atoms with E-state index in [1.807, 2.05) is 13.8 Å². The van der Waals surface area contributed by atoms with Gasteiger partial charge < -0.3 is 0 Å². The van der Waals surface area contributed by atoms with Crippen LogP contribution in [-0.2, 0) is 19.2 Å². The molecule has 2 aliphatic heterocycles. The molecule has 18 heavy (non-hydrogen) atoms. The topological polar surface area (TPSA) is 83.6 Å². The van der Waals surface area contributed by atoms with Gasteiger partial charge in [-0.2, -0.15) is 0 Å². The Hall–Kier alpha value is -1.72. The van der Waals surface area contributed by atoms with Crippen molar-refractivity contribution in [2.24, 2.45) is 5.41 Å². The van der Waals surface area contributed by atoms with Crippen LogP contribution >= 0.6 is 0 Å². The molecule has 1 N–H and O–H groups in total. The summed E-state index contributed by atoms with van der Waals surface area (Å²) in [5.41, 5.74) is -0.691. The summed E-state index contributed by atoms with van der Waals surface area (Å²) in [6.45, 7) is 3.72. The van der Waals surface area contributed by atoms with Crippen molar-refractivity contribution >= 4 is 23.6 Å². The molecule has 0 bridgehead atoms. The zero-order valence-corrected chi connectivity index (χ0v) is 10.5. The van der Waals surface area contributed by atoms with Crippen LogP contribution in [0.5, 0.6) is 0 Å². The first-order chi connectivity index (χ1) is 8.45. The van der Waals surface area contributed by atoms with Gasteiger partial charge >= 0.3 is 0 Å². The molecule has 2 rings (SSSR count). The minimum absolute atomic E-state index is 0.111. The molecule has 0 aromatic heterocycles. The van der Waals surface area contributed by atoms with Crippen molar-refractivity contribution in [2.75, 3.05) is 0 Å². The number of likely N-dealkylation sites (tertiary alicyclic amines) is 1. The van der Waals surface area contributed by atoms with Gasteiger partial charge in [-0.05, 0) is 12.8 Å². The van der Waals surface area contributed by atoms with E-state index in [-0.39, 0.29) is 24.7 Å². The summed E-state index contributed by atoms with van der Waals surface area (Å²) in [5, 5.41) is 2.12. The Kier molecular flexibility index (Phi) is 2.96. The minimum atomic E-state index is -0.947. The lowest BCUT2D eigenvalue weighted by atomic mass is 9.81. The number of nitrogens with one attached hydrogen (secondary N) is 1. The summed E-state index contributed by atoms with van der Waals surface area (Å²) in [6, 6.07) is -0.947. The Morgan fingerprint density at radius 2 is 1.83 bits per heavy atom. The molecule has 6 heteroatoms. The summed E-state index contributed by atoms with van der Waals surface area (Å²) < 4.78 is 0. The molecule has 1 atom stereocenters. The van der Waals surface area contributed by atoms with Crippen molar-refractivity contribution in [3.63, 3.8) is 0 Å². The molecule has 0 aliphatic carbocycles. The fourth-order valence-corrected chi connectivity index (χ4v) is 2.69. The van der Waals surface area contributed by atoms with Gasteiger partial charge in [0.1, 0.15) is 6.04 Å². The van der Waals surface area contributed by atoms with Gasteiger partial charge in [0.25, 0.3) is 0 Å². The number of carbonyl (C=O) groups excluding carboxylic acids is 4. The Morgan fingerprint density at radius 1 is 1.22 bits per heavy atom. The third-order valence-corrected chi connectivity index (χ3v) is 4.04. The molecule has 0 aromatic carbocycles. The Bertz CT molecular complexity index is 439. The number of hydrogen-bond acceptors (Lipinski definition) is 4. The molecule has 2 heterocycles. The van der Waals surface area contributed by atoms with Gasteiger partial charge in [0, 0.05) is 6.42 Å². The summed E-state index contributed by atoms with van der Waals surface area (Å²) >= 11 is 0. The highest BCUT2D eigenvalue weighted by molar-refractivity contribution is 6.13. The second-order valence-electron chi connectivity index (χ2n) is 4.87. The van der Waals surface area contributed by atoms with E-state index >= 15 is 0 Å². The molecule has 2 fully saturated rings. The van der Waals surface area contributed by atoms with Crippen LogP contribution in [0.2, 0.25) is 0 Å². The number of carbonyl (C=O) groups is 4. The Labute approximate surface area is 105 Å². The molecule has 98 valence electrons. The first-order valence-corrected chi connectivity index (χ1v) is 6.15. The molecule has 6 nitrogen and oxygen atoms in total. The molecule has 2 aliphatic rings. The third kappa shape index (κ3) is 1.63. The minimum Gasteiger partial charge on any atom is -0.295 e. The summed E-state index contributed by atoms with van der Waals surface area (Å²) in [7, 11) is 0. The van der Waals surface area contributed by atoms with Gasteiger partial charge in [-0.1, -0.05) is 13.8 Å². The number of nitrogens with zero attached hydrogens (tertiary/aromatic N) is 1. The second kappa shape index (κ2) is 4.19. The normalized spacial score (nSPS) is 27.0. The van der Waals surface area contributed by atoms with Crippen LogP contribution < -0.4 is 5.32 Å². The van der Waals surface area contributed by atoms with E-state index in [0.29, 0.717) is 12.8 Å². The lowest BCUT2D eigenvalue weighted by molar-refractivity contribution is -0.147. The highest BCUT2D eigenvalue weighted by Gasteiger charge is 2.54. The van der Waals surface area contributed by atoms with E-state index in [9.17, 15) is 19.2 Å². The van der Waals surface area contributed by atoms with Gasteiger partial charge in [0.2, 0.25) is 23.6 Å². The van der Waals surface area contributed by atoms with Crippen LogP contribution in [-0.4, -0.2) is 34.6 Å². The first kappa shape index (κ1) is 12.7. The maximum absolute atomic E-state index is 12.4. The van der Waals surface area contributed by atoms with Gasteiger partial charge in [-0.25, -0.2) is 0 Å². The Balaban J connectivity index is 2.30. The quantitative estimate of drug-likeness (QED) is 0.715. The molecule has 0 aromatic rings. The molecule has 4 amide bonds. The average Bonchev–Trinajstić information content (AvgIpc) is 2.77. The fourth-order valence-electron chi connectivity index (χ4n) is 2.69. The molecule has 0 saturated carbocycles. The molecular weight excluding hydrogens is 236 g/mol. The maximum Gasteiger partial charge on any atom is 0.250 e. The molecule has 2 saturated heterocycles. The van der Waals surface area contributed by atoms with Crippen LogP contribution in [0.3, 0.4) is 0 Å². The van der Waals surface area contributed by atoms with Crippen molar-refractivity contribution in [1.29, 1.82) is 0 Å². The number of rotatable bonds is 3. The highest BCUT2D eigenvalue weighted by atomic mass is 16.2. The van der Waals surface area contributed by atoms with Crippen LogP contribution in [0.1, 0.15) is 39.5 Å². The first-order valence-electron chi connectivity index (χ1n) is 6.15. The van der Waals surface area contributed by atoms with Crippen molar-refractivity contribution < 1.29 is 19.2 Å². The van der Waals surface area contributed by atoms with E-state index < -0.39 is 23.3 Å². The van der Waals surface area contributed by atoms with E-state index in [1.165, 1.54) is 0 Å². The van der Waals surface area contributed by atoms with Crippen LogP contribution in [0, 0.1) is 5.41 Å². The van der Waals surface area contributed by atoms with E-state index in [2.05, 4.69) is 5.32 Å². The van der Waals surface area contributed by atoms with Crippen LogP contribution in [0.25, 0.3) is 0 Å². The van der Waals surface area contributed by atoms with E-state index in [0.717, 1.165) is 4.90 Å². The largest absolute Gasteiger partial charge is 0.295 e. The van der Waals surface area contributed by atoms with Crippen molar-refractivity contribution in [2.45, 2.75) is 45.6 Å². The van der Waals surface area contributed by atoms with Crippen LogP contribution in [0.15, 0.2) is 0 Å². The number of imide groups is 2.